The van der Waals surface area contributed by atoms with E-state index >= 15 is 0 Å². The first-order chi connectivity index (χ1) is 15.1. The number of benzene rings is 2. The van der Waals surface area contributed by atoms with E-state index in [4.69, 9.17) is 14.2 Å². The minimum atomic E-state index is -0.167. The molecular weight excluding hydrogens is 436 g/mol. The van der Waals surface area contributed by atoms with E-state index in [-0.39, 0.29) is 11.7 Å². The minimum absolute atomic E-state index is 0.167. The van der Waals surface area contributed by atoms with E-state index in [9.17, 15) is 4.79 Å². The fourth-order valence-electron chi connectivity index (χ4n) is 2.57. The van der Waals surface area contributed by atoms with Crippen LogP contribution in [0.25, 0.3) is 0 Å². The van der Waals surface area contributed by atoms with Crippen molar-refractivity contribution < 1.29 is 19.0 Å². The molecule has 0 aliphatic heterocycles. The van der Waals surface area contributed by atoms with Gasteiger partial charge in [-0.2, -0.15) is 0 Å². The van der Waals surface area contributed by atoms with Gasteiger partial charge in [-0.15, -0.1) is 10.2 Å². The lowest BCUT2D eigenvalue weighted by molar-refractivity contribution is -0.113. The first-order valence-electron chi connectivity index (χ1n) is 9.68. The molecule has 0 aliphatic carbocycles. The Morgan fingerprint density at radius 1 is 1.03 bits per heavy atom. The summed E-state index contributed by atoms with van der Waals surface area (Å²) in [5, 5.41) is 15.0. The number of carbonyl (C=O) groups excluding carboxylic acids is 1. The van der Waals surface area contributed by atoms with Gasteiger partial charge in [-0.05, 0) is 50.2 Å². The quantitative estimate of drug-likeness (QED) is 0.393. The second-order valence-electron chi connectivity index (χ2n) is 6.09. The summed E-state index contributed by atoms with van der Waals surface area (Å²) in [6, 6.07) is 12.9. The predicted molar refractivity (Wildman–Crippen MR) is 124 cm³/mol. The highest BCUT2D eigenvalue weighted by Crippen LogP contribution is 2.31. The van der Waals surface area contributed by atoms with Gasteiger partial charge in [-0.3, -0.25) is 4.79 Å². The molecule has 0 bridgehead atoms. The first-order valence-corrected chi connectivity index (χ1v) is 11.5. The third kappa shape index (κ3) is 6.76. The summed E-state index contributed by atoms with van der Waals surface area (Å²) in [5.74, 6) is 2.09. The van der Waals surface area contributed by atoms with Crippen molar-refractivity contribution >= 4 is 45.5 Å². The number of hydrogen-bond donors (Lipinski definition) is 2. The highest BCUT2D eigenvalue weighted by Gasteiger charge is 2.12. The van der Waals surface area contributed by atoms with Crippen LogP contribution in [0.1, 0.15) is 13.8 Å². The molecular formula is C21H24N4O4S2. The summed E-state index contributed by atoms with van der Waals surface area (Å²) in [6.07, 6.45) is 0. The number of hydrogen-bond acceptors (Lipinski definition) is 9. The number of ether oxygens (including phenoxy) is 3. The SMILES string of the molecule is CCOc1ccc(OCC)c(NC(=O)CSc2nnc(Nc3ccc(OC)cc3)s2)c1. The summed E-state index contributed by atoms with van der Waals surface area (Å²) < 4.78 is 17.0. The van der Waals surface area contributed by atoms with E-state index < -0.39 is 0 Å². The van der Waals surface area contributed by atoms with Gasteiger partial charge in [0.05, 0.1) is 31.8 Å². The van der Waals surface area contributed by atoms with Crippen LogP contribution in [0.2, 0.25) is 0 Å². The number of methoxy groups -OCH3 is 1. The fourth-order valence-corrected chi connectivity index (χ4v) is 4.15. The van der Waals surface area contributed by atoms with Crippen LogP contribution in [0.15, 0.2) is 46.8 Å². The molecule has 0 spiro atoms. The van der Waals surface area contributed by atoms with Crippen LogP contribution in [-0.4, -0.2) is 42.2 Å². The van der Waals surface area contributed by atoms with Gasteiger partial charge in [0.1, 0.15) is 17.2 Å². The van der Waals surface area contributed by atoms with E-state index in [1.807, 2.05) is 44.2 Å². The second-order valence-corrected chi connectivity index (χ2v) is 8.29. The van der Waals surface area contributed by atoms with Crippen LogP contribution in [0.4, 0.5) is 16.5 Å². The molecule has 31 heavy (non-hydrogen) atoms. The summed E-state index contributed by atoms with van der Waals surface area (Å²) in [4.78, 5) is 12.5. The van der Waals surface area contributed by atoms with E-state index in [2.05, 4.69) is 20.8 Å². The smallest absolute Gasteiger partial charge is 0.234 e. The van der Waals surface area contributed by atoms with Crippen LogP contribution in [0.3, 0.4) is 0 Å². The Labute approximate surface area is 189 Å². The van der Waals surface area contributed by atoms with Crippen molar-refractivity contribution in [2.24, 2.45) is 0 Å². The molecule has 1 heterocycles. The van der Waals surface area contributed by atoms with Crippen LogP contribution < -0.4 is 24.8 Å². The highest BCUT2D eigenvalue weighted by atomic mass is 32.2. The van der Waals surface area contributed by atoms with Gasteiger partial charge >= 0.3 is 0 Å². The number of aromatic nitrogens is 2. The summed E-state index contributed by atoms with van der Waals surface area (Å²) in [5.41, 5.74) is 1.46. The van der Waals surface area contributed by atoms with E-state index in [1.165, 1.54) is 23.1 Å². The number of carbonyl (C=O) groups is 1. The lowest BCUT2D eigenvalue weighted by Crippen LogP contribution is -2.15. The van der Waals surface area contributed by atoms with Gasteiger partial charge in [0.2, 0.25) is 11.0 Å². The molecule has 1 aromatic heterocycles. The molecule has 0 fully saturated rings. The molecule has 164 valence electrons. The van der Waals surface area contributed by atoms with E-state index in [1.54, 1.807) is 19.2 Å². The van der Waals surface area contributed by atoms with Crippen molar-refractivity contribution in [3.8, 4) is 17.2 Å². The van der Waals surface area contributed by atoms with Crippen LogP contribution >= 0.6 is 23.1 Å². The maximum Gasteiger partial charge on any atom is 0.234 e. The van der Waals surface area contributed by atoms with Crippen molar-refractivity contribution in [3.05, 3.63) is 42.5 Å². The zero-order chi connectivity index (χ0) is 22.1. The highest BCUT2D eigenvalue weighted by molar-refractivity contribution is 8.01. The number of rotatable bonds is 11. The molecule has 0 unspecified atom stereocenters. The number of amides is 1. The minimum Gasteiger partial charge on any atom is -0.497 e. The average Bonchev–Trinajstić information content (AvgIpc) is 3.22. The fraction of sp³-hybridized carbons (Fsp3) is 0.286. The van der Waals surface area contributed by atoms with Crippen molar-refractivity contribution in [3.63, 3.8) is 0 Å². The maximum atomic E-state index is 12.5. The van der Waals surface area contributed by atoms with Crippen molar-refractivity contribution in [1.29, 1.82) is 0 Å². The van der Waals surface area contributed by atoms with Crippen molar-refractivity contribution in [1.82, 2.24) is 10.2 Å². The largest absolute Gasteiger partial charge is 0.497 e. The second kappa shape index (κ2) is 11.4. The summed E-state index contributed by atoms with van der Waals surface area (Å²) >= 11 is 2.70. The Bertz CT molecular complexity index is 995. The van der Waals surface area contributed by atoms with Gasteiger partial charge in [0, 0.05) is 11.8 Å². The Kier molecular flexibility index (Phi) is 8.36. The standard InChI is InChI=1S/C21H24N4O4S2/c1-4-28-16-10-11-18(29-5-2)17(12-16)23-19(26)13-30-21-25-24-20(31-21)22-14-6-8-15(27-3)9-7-14/h6-12H,4-5,13H2,1-3H3,(H,22,24)(H,23,26). The molecule has 0 aliphatic rings. The zero-order valence-electron chi connectivity index (χ0n) is 17.5. The number of anilines is 3. The van der Waals surface area contributed by atoms with E-state index in [0.29, 0.717) is 39.9 Å². The van der Waals surface area contributed by atoms with Crippen LogP contribution in [0.5, 0.6) is 17.2 Å². The molecule has 2 N–H and O–H groups in total. The molecule has 0 radical (unpaired) electrons. The molecule has 1 amide bonds. The number of nitrogens with one attached hydrogen (secondary N) is 2. The lowest BCUT2D eigenvalue weighted by Gasteiger charge is -2.13. The van der Waals surface area contributed by atoms with Gasteiger partial charge in [0.15, 0.2) is 4.34 Å². The Hall–Kier alpha value is -2.98. The Morgan fingerprint density at radius 3 is 2.48 bits per heavy atom. The monoisotopic (exact) mass is 460 g/mol. The van der Waals surface area contributed by atoms with Crippen molar-refractivity contribution in [2.45, 2.75) is 18.2 Å². The topological polar surface area (TPSA) is 94.6 Å². The van der Waals surface area contributed by atoms with Crippen LogP contribution in [-0.2, 0) is 4.79 Å². The molecule has 0 saturated heterocycles. The molecule has 3 rings (SSSR count). The molecule has 2 aromatic carbocycles. The Morgan fingerprint density at radius 2 is 1.77 bits per heavy atom. The Balaban J connectivity index is 1.55. The molecule has 8 nitrogen and oxygen atoms in total. The van der Waals surface area contributed by atoms with Gasteiger partial charge < -0.3 is 24.8 Å². The summed E-state index contributed by atoms with van der Waals surface area (Å²) in [6.45, 7) is 4.84. The first kappa shape index (κ1) is 22.7. The van der Waals surface area contributed by atoms with Gasteiger partial charge in [0.25, 0.3) is 0 Å². The van der Waals surface area contributed by atoms with Gasteiger partial charge in [-0.1, -0.05) is 23.1 Å². The predicted octanol–water partition coefficient (Wildman–Crippen LogP) is 4.82. The number of thioether (sulfide) groups is 1. The maximum absolute atomic E-state index is 12.5. The van der Waals surface area contributed by atoms with Gasteiger partial charge in [-0.25, -0.2) is 0 Å². The lowest BCUT2D eigenvalue weighted by atomic mass is 10.2. The molecule has 0 saturated carbocycles. The zero-order valence-corrected chi connectivity index (χ0v) is 19.1. The molecule has 0 atom stereocenters. The number of nitrogens with zero attached hydrogens (tertiary/aromatic N) is 2. The third-order valence-electron chi connectivity index (χ3n) is 3.91. The summed E-state index contributed by atoms with van der Waals surface area (Å²) in [7, 11) is 1.63. The normalized spacial score (nSPS) is 10.4. The molecule has 10 heteroatoms. The van der Waals surface area contributed by atoms with E-state index in [0.717, 1.165) is 11.4 Å². The molecule has 3 aromatic rings. The third-order valence-corrected chi connectivity index (χ3v) is 5.88. The van der Waals surface area contributed by atoms with Crippen LogP contribution in [0, 0.1) is 0 Å². The van der Waals surface area contributed by atoms with Crippen molar-refractivity contribution in [2.75, 3.05) is 36.7 Å². The average molecular weight is 461 g/mol.